The molecule has 1 aromatic heterocycles. The lowest BCUT2D eigenvalue weighted by atomic mass is 9.81. The summed E-state index contributed by atoms with van der Waals surface area (Å²) in [5.74, 6) is 6.97. The highest BCUT2D eigenvalue weighted by atomic mass is 15.3. The van der Waals surface area contributed by atoms with Gasteiger partial charge in [-0.3, -0.25) is 20.9 Å². The maximum absolute atomic E-state index is 5.95. The van der Waals surface area contributed by atoms with Gasteiger partial charge in [0.2, 0.25) is 0 Å². The molecule has 1 atom stereocenters. The summed E-state index contributed by atoms with van der Waals surface area (Å²) in [6.45, 7) is 9.85. The summed E-state index contributed by atoms with van der Waals surface area (Å²) in [5.41, 5.74) is 3.20. The minimum atomic E-state index is 0.107. The van der Waals surface area contributed by atoms with Gasteiger partial charge in [-0.15, -0.1) is 0 Å². The topological polar surface area (TPSA) is 72.0 Å². The lowest BCUT2D eigenvalue weighted by Crippen LogP contribution is -2.62. The zero-order valence-corrected chi connectivity index (χ0v) is 13.7. The van der Waals surface area contributed by atoms with Crippen molar-refractivity contribution in [3.8, 4) is 0 Å². The first-order chi connectivity index (χ1) is 10.2. The minimum absolute atomic E-state index is 0.107. The summed E-state index contributed by atoms with van der Waals surface area (Å²) in [5, 5.41) is 4.28. The Kier molecular flexibility index (Phi) is 5.72. The molecule has 1 aliphatic rings. The summed E-state index contributed by atoms with van der Waals surface area (Å²) in [7, 11) is 0. The van der Waals surface area contributed by atoms with Crippen LogP contribution in [0.2, 0.25) is 0 Å². The Balaban J connectivity index is 2.23. The predicted octanol–water partition coefficient (Wildman–Crippen LogP) is 1.33. The van der Waals surface area contributed by atoms with E-state index in [0.717, 1.165) is 31.6 Å². The molecule has 1 aromatic rings. The van der Waals surface area contributed by atoms with E-state index in [1.54, 1.807) is 6.33 Å². The van der Waals surface area contributed by atoms with Gasteiger partial charge in [-0.2, -0.15) is 5.10 Å². The number of hydrazine groups is 1. The van der Waals surface area contributed by atoms with E-state index >= 15 is 0 Å². The van der Waals surface area contributed by atoms with Crippen LogP contribution in [0.4, 0.5) is 0 Å². The highest BCUT2D eigenvalue weighted by Gasteiger charge is 2.42. The number of hydrogen-bond donors (Lipinski definition) is 2. The normalized spacial score (nSPS) is 18.3. The molecular weight excluding hydrogens is 264 g/mol. The van der Waals surface area contributed by atoms with Gasteiger partial charge < -0.3 is 0 Å². The number of nitrogens with one attached hydrogen (secondary N) is 1. The lowest BCUT2D eigenvalue weighted by molar-refractivity contribution is 0.0609. The third-order valence-electron chi connectivity index (χ3n) is 5.19. The Morgan fingerprint density at radius 1 is 1.29 bits per heavy atom. The molecule has 0 saturated carbocycles. The van der Waals surface area contributed by atoms with Crippen molar-refractivity contribution >= 4 is 0 Å². The molecule has 2 heterocycles. The van der Waals surface area contributed by atoms with E-state index in [-0.39, 0.29) is 11.6 Å². The summed E-state index contributed by atoms with van der Waals surface area (Å²) >= 11 is 0. The van der Waals surface area contributed by atoms with Crippen molar-refractivity contribution in [1.29, 1.82) is 0 Å². The van der Waals surface area contributed by atoms with E-state index in [4.69, 9.17) is 5.84 Å². The average molecular weight is 294 g/mol. The van der Waals surface area contributed by atoms with Crippen LogP contribution in [0, 0.1) is 0 Å². The van der Waals surface area contributed by atoms with E-state index in [1.807, 2.05) is 4.68 Å². The van der Waals surface area contributed by atoms with Crippen molar-refractivity contribution in [3.05, 3.63) is 12.2 Å². The van der Waals surface area contributed by atoms with Crippen molar-refractivity contribution < 1.29 is 0 Å². The fourth-order valence-corrected chi connectivity index (χ4v) is 3.87. The van der Waals surface area contributed by atoms with Crippen molar-refractivity contribution in [2.75, 3.05) is 13.1 Å². The number of aryl methyl sites for hydroxylation is 1. The monoisotopic (exact) mass is 294 g/mol. The van der Waals surface area contributed by atoms with Crippen molar-refractivity contribution in [1.82, 2.24) is 25.1 Å². The number of nitrogens with two attached hydrogens (primary N) is 1. The molecule has 21 heavy (non-hydrogen) atoms. The van der Waals surface area contributed by atoms with Gasteiger partial charge in [0.25, 0.3) is 0 Å². The molecule has 0 spiro atoms. The SMILES string of the molecule is CCn1ncnc1CC(NN)C(CC)(CC)N1CCCC1. The quantitative estimate of drug-likeness (QED) is 0.559. The van der Waals surface area contributed by atoms with Crippen LogP contribution in [-0.4, -0.2) is 44.3 Å². The molecule has 2 rings (SSSR count). The van der Waals surface area contributed by atoms with E-state index in [0.29, 0.717) is 0 Å². The standard InChI is InChI=1S/C15H30N6/c1-4-15(5-2,20-9-7-8-10-20)13(19-16)11-14-17-12-18-21(14)6-3/h12-13,19H,4-11,16H2,1-3H3. The molecule has 3 N–H and O–H groups in total. The average Bonchev–Trinajstić information content (AvgIpc) is 3.19. The van der Waals surface area contributed by atoms with Gasteiger partial charge in [0.1, 0.15) is 12.2 Å². The summed E-state index contributed by atoms with van der Waals surface area (Å²) < 4.78 is 1.96. The highest BCUT2D eigenvalue weighted by molar-refractivity contribution is 5.04. The summed E-state index contributed by atoms with van der Waals surface area (Å²) in [4.78, 5) is 7.05. The fraction of sp³-hybridized carbons (Fsp3) is 0.867. The Morgan fingerprint density at radius 2 is 1.95 bits per heavy atom. The second kappa shape index (κ2) is 7.33. The molecule has 0 amide bonds. The predicted molar refractivity (Wildman–Crippen MR) is 84.6 cm³/mol. The van der Waals surface area contributed by atoms with E-state index < -0.39 is 0 Å². The Morgan fingerprint density at radius 3 is 2.48 bits per heavy atom. The van der Waals surface area contributed by atoms with Crippen LogP contribution in [0.15, 0.2) is 6.33 Å². The van der Waals surface area contributed by atoms with Crippen LogP contribution < -0.4 is 11.3 Å². The molecule has 0 radical (unpaired) electrons. The third kappa shape index (κ3) is 3.12. The Bertz CT molecular complexity index is 420. The smallest absolute Gasteiger partial charge is 0.138 e. The molecule has 6 heteroatoms. The molecule has 1 fully saturated rings. The number of likely N-dealkylation sites (tertiary alicyclic amines) is 1. The third-order valence-corrected chi connectivity index (χ3v) is 5.19. The zero-order valence-electron chi connectivity index (χ0n) is 13.7. The number of nitrogens with zero attached hydrogens (tertiary/aromatic N) is 4. The van der Waals surface area contributed by atoms with Crippen LogP contribution in [0.25, 0.3) is 0 Å². The van der Waals surface area contributed by atoms with Gasteiger partial charge >= 0.3 is 0 Å². The first kappa shape index (κ1) is 16.4. The van der Waals surface area contributed by atoms with E-state index in [1.165, 1.54) is 25.9 Å². The molecule has 0 aromatic carbocycles. The summed E-state index contributed by atoms with van der Waals surface area (Å²) in [6.07, 6.45) is 7.25. The Hall–Kier alpha value is -0.980. The van der Waals surface area contributed by atoms with Gasteiger partial charge in [-0.25, -0.2) is 4.98 Å². The zero-order chi connectivity index (χ0) is 15.3. The first-order valence-electron chi connectivity index (χ1n) is 8.29. The molecule has 1 saturated heterocycles. The number of rotatable bonds is 8. The van der Waals surface area contributed by atoms with Crippen LogP contribution in [-0.2, 0) is 13.0 Å². The van der Waals surface area contributed by atoms with Crippen LogP contribution in [0.3, 0.4) is 0 Å². The maximum atomic E-state index is 5.95. The van der Waals surface area contributed by atoms with Gasteiger partial charge in [-0.05, 0) is 45.7 Å². The van der Waals surface area contributed by atoms with Crippen LogP contribution in [0.5, 0.6) is 0 Å². The van der Waals surface area contributed by atoms with Crippen molar-refractivity contribution in [2.24, 2.45) is 5.84 Å². The molecule has 1 unspecified atom stereocenters. The van der Waals surface area contributed by atoms with Gasteiger partial charge in [0, 0.05) is 24.5 Å². The maximum Gasteiger partial charge on any atom is 0.138 e. The highest BCUT2D eigenvalue weighted by Crippen LogP contribution is 2.32. The molecular formula is C15H30N6. The largest absolute Gasteiger partial charge is 0.296 e. The molecule has 6 nitrogen and oxygen atoms in total. The Labute approximate surface area is 128 Å². The molecule has 0 aliphatic carbocycles. The summed E-state index contributed by atoms with van der Waals surface area (Å²) in [6, 6.07) is 0.195. The lowest BCUT2D eigenvalue weighted by Gasteiger charge is -2.46. The van der Waals surface area contributed by atoms with Crippen molar-refractivity contribution in [2.45, 2.75) is 71.0 Å². The van der Waals surface area contributed by atoms with Gasteiger partial charge in [0.15, 0.2) is 0 Å². The number of hydrogen-bond acceptors (Lipinski definition) is 5. The minimum Gasteiger partial charge on any atom is -0.296 e. The van der Waals surface area contributed by atoms with Crippen LogP contribution in [0.1, 0.15) is 52.3 Å². The van der Waals surface area contributed by atoms with Gasteiger partial charge in [-0.1, -0.05) is 13.8 Å². The molecule has 0 bridgehead atoms. The van der Waals surface area contributed by atoms with Gasteiger partial charge in [0.05, 0.1) is 0 Å². The van der Waals surface area contributed by atoms with Crippen LogP contribution >= 0.6 is 0 Å². The molecule has 1 aliphatic heterocycles. The first-order valence-corrected chi connectivity index (χ1v) is 8.29. The number of aromatic nitrogens is 3. The van der Waals surface area contributed by atoms with E-state index in [2.05, 4.69) is 41.2 Å². The second-order valence-corrected chi connectivity index (χ2v) is 5.92. The second-order valence-electron chi connectivity index (χ2n) is 5.92. The van der Waals surface area contributed by atoms with Crippen molar-refractivity contribution in [3.63, 3.8) is 0 Å². The fourth-order valence-electron chi connectivity index (χ4n) is 3.87. The van der Waals surface area contributed by atoms with E-state index in [9.17, 15) is 0 Å². The molecule has 120 valence electrons.